The number of carbonyl (C=O) groups is 2. The molecule has 2 aromatic rings. The van der Waals surface area contributed by atoms with Gasteiger partial charge in [0, 0.05) is 30.5 Å². The molecule has 4 rings (SSSR count). The first-order chi connectivity index (χ1) is 15.4. The standard InChI is InChI=1S/C21H23N3O7S/c1-29-21(26)23-15-4-7-17(8-5-15)32(27,28)24-10-2-3-14(12-24)20(25)22-16-6-9-18-19(11-16)31-13-30-18/h4-9,11,14H,2-3,10,12-13H2,1H3,(H,22,25)(H,23,26)/t14-/m0/s1. The molecule has 0 aliphatic carbocycles. The topological polar surface area (TPSA) is 123 Å². The minimum absolute atomic E-state index is 0.0842. The van der Waals surface area contributed by atoms with Crippen molar-refractivity contribution in [3.05, 3.63) is 42.5 Å². The smallest absolute Gasteiger partial charge is 0.411 e. The summed E-state index contributed by atoms with van der Waals surface area (Å²) in [5.74, 6) is 0.442. The van der Waals surface area contributed by atoms with Crippen LogP contribution in [0.2, 0.25) is 0 Å². The zero-order valence-electron chi connectivity index (χ0n) is 17.4. The third kappa shape index (κ3) is 4.63. The second-order valence-corrected chi connectivity index (χ2v) is 9.34. The monoisotopic (exact) mass is 461 g/mol. The van der Waals surface area contributed by atoms with E-state index in [0.29, 0.717) is 42.3 Å². The van der Waals surface area contributed by atoms with Gasteiger partial charge < -0.3 is 19.5 Å². The highest BCUT2D eigenvalue weighted by atomic mass is 32.2. The van der Waals surface area contributed by atoms with E-state index >= 15 is 0 Å². The van der Waals surface area contributed by atoms with E-state index in [2.05, 4.69) is 15.4 Å². The fourth-order valence-corrected chi connectivity index (χ4v) is 5.15. The van der Waals surface area contributed by atoms with Crippen molar-refractivity contribution in [2.75, 3.05) is 37.6 Å². The Kier molecular flexibility index (Phi) is 6.19. The van der Waals surface area contributed by atoms with Crippen LogP contribution in [0.3, 0.4) is 0 Å². The van der Waals surface area contributed by atoms with Crippen LogP contribution in [0.15, 0.2) is 47.4 Å². The third-order valence-corrected chi connectivity index (χ3v) is 7.20. The van der Waals surface area contributed by atoms with Gasteiger partial charge in [0.2, 0.25) is 22.7 Å². The summed E-state index contributed by atoms with van der Waals surface area (Å²) in [5, 5.41) is 5.31. The lowest BCUT2D eigenvalue weighted by atomic mass is 9.98. The van der Waals surface area contributed by atoms with E-state index in [0.717, 1.165) is 0 Å². The summed E-state index contributed by atoms with van der Waals surface area (Å²) < 4.78 is 42.6. The molecular formula is C21H23N3O7S. The largest absolute Gasteiger partial charge is 0.454 e. The molecule has 0 aromatic heterocycles. The number of sulfonamides is 1. The Labute approximate surface area is 185 Å². The fraction of sp³-hybridized carbons (Fsp3) is 0.333. The maximum absolute atomic E-state index is 13.1. The highest BCUT2D eigenvalue weighted by Gasteiger charge is 2.33. The van der Waals surface area contributed by atoms with E-state index in [4.69, 9.17) is 9.47 Å². The fourth-order valence-electron chi connectivity index (χ4n) is 3.62. The van der Waals surface area contributed by atoms with Crippen LogP contribution >= 0.6 is 0 Å². The highest BCUT2D eigenvalue weighted by Crippen LogP contribution is 2.34. The molecule has 2 amide bonds. The quantitative estimate of drug-likeness (QED) is 0.702. The number of fused-ring (bicyclic) bond motifs is 1. The van der Waals surface area contributed by atoms with E-state index in [-0.39, 0.29) is 24.1 Å². The van der Waals surface area contributed by atoms with Crippen molar-refractivity contribution in [3.8, 4) is 11.5 Å². The number of hydrogen-bond donors (Lipinski definition) is 2. The van der Waals surface area contributed by atoms with Crippen molar-refractivity contribution < 1.29 is 32.2 Å². The van der Waals surface area contributed by atoms with Crippen molar-refractivity contribution in [1.29, 1.82) is 0 Å². The van der Waals surface area contributed by atoms with Crippen LogP contribution in [-0.2, 0) is 19.6 Å². The van der Waals surface area contributed by atoms with Crippen molar-refractivity contribution in [2.45, 2.75) is 17.7 Å². The van der Waals surface area contributed by atoms with Crippen LogP contribution < -0.4 is 20.1 Å². The number of nitrogens with zero attached hydrogens (tertiary/aromatic N) is 1. The molecule has 0 bridgehead atoms. The molecule has 10 nitrogen and oxygen atoms in total. The number of carbonyl (C=O) groups excluding carboxylic acids is 2. The van der Waals surface area contributed by atoms with Crippen LogP contribution in [-0.4, -0.2) is 51.7 Å². The van der Waals surface area contributed by atoms with Gasteiger partial charge in [-0.25, -0.2) is 13.2 Å². The zero-order chi connectivity index (χ0) is 22.7. The van der Waals surface area contributed by atoms with Crippen LogP contribution in [0.1, 0.15) is 12.8 Å². The maximum Gasteiger partial charge on any atom is 0.411 e. The van der Waals surface area contributed by atoms with Crippen molar-refractivity contribution >= 4 is 33.4 Å². The normalized spacial score (nSPS) is 18.1. The summed E-state index contributed by atoms with van der Waals surface area (Å²) >= 11 is 0. The Morgan fingerprint density at radius 2 is 1.75 bits per heavy atom. The molecule has 2 heterocycles. The molecule has 1 fully saturated rings. The SMILES string of the molecule is COC(=O)Nc1ccc(S(=O)(=O)N2CCC[C@H](C(=O)Nc3ccc4c(c3)OCO4)C2)cc1. The van der Waals surface area contributed by atoms with E-state index in [1.54, 1.807) is 18.2 Å². The molecule has 2 aliphatic rings. The van der Waals surface area contributed by atoms with Gasteiger partial charge in [-0.15, -0.1) is 0 Å². The molecule has 1 saturated heterocycles. The second kappa shape index (κ2) is 9.05. The molecule has 170 valence electrons. The number of ether oxygens (including phenoxy) is 3. The van der Waals surface area contributed by atoms with Gasteiger partial charge >= 0.3 is 6.09 Å². The Bertz CT molecular complexity index is 1120. The summed E-state index contributed by atoms with van der Waals surface area (Å²) in [4.78, 5) is 24.2. The first kappa shape index (κ1) is 21.9. The summed E-state index contributed by atoms with van der Waals surface area (Å²) in [6.45, 7) is 0.557. The van der Waals surface area contributed by atoms with Crippen molar-refractivity contribution in [2.24, 2.45) is 5.92 Å². The van der Waals surface area contributed by atoms with E-state index < -0.39 is 22.0 Å². The molecule has 2 N–H and O–H groups in total. The van der Waals surface area contributed by atoms with Gasteiger partial charge in [0.1, 0.15) is 0 Å². The predicted molar refractivity (Wildman–Crippen MR) is 115 cm³/mol. The van der Waals surface area contributed by atoms with Gasteiger partial charge in [-0.05, 0) is 49.2 Å². The Balaban J connectivity index is 1.42. The number of amides is 2. The molecule has 0 saturated carbocycles. The summed E-state index contributed by atoms with van der Waals surface area (Å²) in [6, 6.07) is 10.9. The van der Waals surface area contributed by atoms with Gasteiger partial charge in [0.05, 0.1) is 17.9 Å². The van der Waals surface area contributed by atoms with E-state index in [9.17, 15) is 18.0 Å². The van der Waals surface area contributed by atoms with Crippen molar-refractivity contribution in [1.82, 2.24) is 4.31 Å². The molecule has 1 atom stereocenters. The van der Waals surface area contributed by atoms with Gasteiger partial charge in [-0.1, -0.05) is 0 Å². The van der Waals surface area contributed by atoms with Gasteiger partial charge in [0.15, 0.2) is 11.5 Å². The lowest BCUT2D eigenvalue weighted by Gasteiger charge is -2.31. The lowest BCUT2D eigenvalue weighted by Crippen LogP contribution is -2.43. The first-order valence-electron chi connectivity index (χ1n) is 10.0. The lowest BCUT2D eigenvalue weighted by molar-refractivity contribution is -0.120. The number of rotatable bonds is 5. The Morgan fingerprint density at radius 3 is 2.50 bits per heavy atom. The zero-order valence-corrected chi connectivity index (χ0v) is 18.2. The molecule has 2 aromatic carbocycles. The molecule has 0 spiro atoms. The molecule has 0 radical (unpaired) electrons. The number of hydrogen-bond acceptors (Lipinski definition) is 7. The molecule has 2 aliphatic heterocycles. The second-order valence-electron chi connectivity index (χ2n) is 7.40. The van der Waals surface area contributed by atoms with E-state index in [1.165, 1.54) is 35.7 Å². The Hall–Kier alpha value is -3.31. The van der Waals surface area contributed by atoms with Crippen LogP contribution in [0.4, 0.5) is 16.2 Å². The van der Waals surface area contributed by atoms with E-state index in [1.807, 2.05) is 0 Å². The average Bonchev–Trinajstić information content (AvgIpc) is 3.27. The molecular weight excluding hydrogens is 438 g/mol. The van der Waals surface area contributed by atoms with Gasteiger partial charge in [0.25, 0.3) is 0 Å². The molecule has 11 heteroatoms. The van der Waals surface area contributed by atoms with Crippen LogP contribution in [0, 0.1) is 5.92 Å². The van der Waals surface area contributed by atoms with Gasteiger partial charge in [-0.3, -0.25) is 10.1 Å². The summed E-state index contributed by atoms with van der Waals surface area (Å²) in [5.41, 5.74) is 0.975. The minimum Gasteiger partial charge on any atom is -0.454 e. The van der Waals surface area contributed by atoms with Gasteiger partial charge in [-0.2, -0.15) is 4.31 Å². The number of anilines is 2. The number of nitrogens with one attached hydrogen (secondary N) is 2. The number of methoxy groups -OCH3 is 1. The molecule has 0 unspecified atom stereocenters. The molecule has 32 heavy (non-hydrogen) atoms. The van der Waals surface area contributed by atoms with Crippen LogP contribution in [0.5, 0.6) is 11.5 Å². The highest BCUT2D eigenvalue weighted by molar-refractivity contribution is 7.89. The maximum atomic E-state index is 13.1. The average molecular weight is 461 g/mol. The van der Waals surface area contributed by atoms with Crippen LogP contribution in [0.25, 0.3) is 0 Å². The number of benzene rings is 2. The minimum atomic E-state index is -3.79. The summed E-state index contributed by atoms with van der Waals surface area (Å²) in [6.07, 6.45) is 0.512. The van der Waals surface area contributed by atoms with Crippen molar-refractivity contribution in [3.63, 3.8) is 0 Å². The third-order valence-electron chi connectivity index (χ3n) is 5.32. The number of piperidine rings is 1. The predicted octanol–water partition coefficient (Wildman–Crippen LogP) is 2.63. The Morgan fingerprint density at radius 1 is 1.03 bits per heavy atom. The first-order valence-corrected chi connectivity index (χ1v) is 11.5. The summed E-state index contributed by atoms with van der Waals surface area (Å²) in [7, 11) is -2.55.